The highest BCUT2D eigenvalue weighted by atomic mass is 32.1. The first-order valence-electron chi connectivity index (χ1n) is 8.24. The predicted molar refractivity (Wildman–Crippen MR) is 102 cm³/mol. The first-order chi connectivity index (χ1) is 12.9. The van der Waals surface area contributed by atoms with Gasteiger partial charge in [0.1, 0.15) is 6.54 Å². The molecule has 3 rings (SSSR count). The summed E-state index contributed by atoms with van der Waals surface area (Å²) in [5, 5.41) is 8.13. The summed E-state index contributed by atoms with van der Waals surface area (Å²) in [6, 6.07) is 7.04. The van der Waals surface area contributed by atoms with Crippen molar-refractivity contribution in [3.05, 3.63) is 51.4 Å². The molecule has 8 nitrogen and oxygen atoms in total. The predicted octanol–water partition coefficient (Wildman–Crippen LogP) is 2.40. The third-order valence-corrected chi connectivity index (χ3v) is 5.13. The van der Waals surface area contributed by atoms with Gasteiger partial charge in [0.05, 0.1) is 18.7 Å². The molecule has 0 unspecified atom stereocenters. The highest BCUT2D eigenvalue weighted by Gasteiger charge is 2.22. The van der Waals surface area contributed by atoms with Crippen molar-refractivity contribution < 1.29 is 14.3 Å². The first kappa shape index (κ1) is 18.7. The number of aromatic nitrogens is 3. The molecule has 0 bridgehead atoms. The number of carbonyl (C=O) groups excluding carboxylic acids is 2. The van der Waals surface area contributed by atoms with Gasteiger partial charge >= 0.3 is 5.97 Å². The number of fused-ring (bicyclic) bond motifs is 1. The van der Waals surface area contributed by atoms with E-state index in [4.69, 9.17) is 4.74 Å². The Kier molecular flexibility index (Phi) is 5.31. The largest absolute Gasteiger partial charge is 0.464 e. The van der Waals surface area contributed by atoms with Crippen molar-refractivity contribution in [1.29, 1.82) is 0 Å². The number of rotatable bonds is 5. The number of nitrogens with one attached hydrogen (secondary N) is 1. The second kappa shape index (κ2) is 7.67. The molecule has 27 heavy (non-hydrogen) atoms. The van der Waals surface area contributed by atoms with Crippen LogP contribution in [0.1, 0.15) is 35.1 Å². The second-order valence-corrected chi connectivity index (χ2v) is 7.15. The Bertz CT molecular complexity index is 1070. The van der Waals surface area contributed by atoms with Crippen LogP contribution < -0.4 is 10.9 Å². The van der Waals surface area contributed by atoms with E-state index in [2.05, 4.69) is 15.4 Å². The maximum atomic E-state index is 12.4. The molecule has 3 aromatic rings. The van der Waals surface area contributed by atoms with Crippen LogP contribution in [0.2, 0.25) is 0 Å². The van der Waals surface area contributed by atoms with Crippen LogP contribution in [-0.4, -0.2) is 33.8 Å². The smallest absolute Gasteiger partial charge is 0.357 e. The number of esters is 1. The number of hydrogen-bond donors (Lipinski definition) is 1. The molecule has 140 valence electrons. The van der Waals surface area contributed by atoms with Gasteiger partial charge in [-0.2, -0.15) is 5.10 Å². The zero-order valence-corrected chi connectivity index (χ0v) is 15.9. The number of ether oxygens (including phenoxy) is 1. The van der Waals surface area contributed by atoms with Crippen molar-refractivity contribution in [3.63, 3.8) is 0 Å². The molecule has 1 amide bonds. The Morgan fingerprint density at radius 2 is 2.04 bits per heavy atom. The van der Waals surface area contributed by atoms with Gasteiger partial charge in [-0.1, -0.05) is 32.0 Å². The normalized spacial score (nSPS) is 11.0. The lowest BCUT2D eigenvalue weighted by Gasteiger charge is -2.05. The minimum absolute atomic E-state index is 0.0482. The minimum atomic E-state index is -0.553. The Hall–Kier alpha value is -3.07. The van der Waals surface area contributed by atoms with Gasteiger partial charge in [0.25, 0.3) is 5.56 Å². The fourth-order valence-corrected chi connectivity index (χ4v) is 3.53. The number of anilines is 1. The molecule has 0 radical (unpaired) electrons. The maximum Gasteiger partial charge on any atom is 0.357 e. The summed E-state index contributed by atoms with van der Waals surface area (Å²) in [6.07, 6.45) is 1.54. The third-order valence-electron chi connectivity index (χ3n) is 3.86. The van der Waals surface area contributed by atoms with Crippen molar-refractivity contribution in [2.24, 2.45) is 0 Å². The Morgan fingerprint density at radius 3 is 2.74 bits per heavy atom. The molecule has 0 aliphatic heterocycles. The van der Waals surface area contributed by atoms with Gasteiger partial charge in [-0.3, -0.25) is 9.59 Å². The average molecular weight is 386 g/mol. The van der Waals surface area contributed by atoms with Crippen molar-refractivity contribution in [3.8, 4) is 0 Å². The number of carbonyl (C=O) groups is 2. The Balaban J connectivity index is 1.81. The second-order valence-electron chi connectivity index (χ2n) is 6.12. The van der Waals surface area contributed by atoms with E-state index < -0.39 is 11.9 Å². The maximum absolute atomic E-state index is 12.4. The van der Waals surface area contributed by atoms with E-state index >= 15 is 0 Å². The van der Waals surface area contributed by atoms with E-state index in [0.29, 0.717) is 10.8 Å². The van der Waals surface area contributed by atoms with Gasteiger partial charge in [-0.05, 0) is 12.0 Å². The lowest BCUT2D eigenvalue weighted by molar-refractivity contribution is -0.117. The Morgan fingerprint density at radius 1 is 1.30 bits per heavy atom. The van der Waals surface area contributed by atoms with Gasteiger partial charge in [0, 0.05) is 10.3 Å². The summed E-state index contributed by atoms with van der Waals surface area (Å²) < 4.78 is 5.83. The fourth-order valence-electron chi connectivity index (χ4n) is 2.55. The van der Waals surface area contributed by atoms with Crippen molar-refractivity contribution in [2.45, 2.75) is 26.3 Å². The summed E-state index contributed by atoms with van der Waals surface area (Å²) in [4.78, 5) is 41.5. The minimum Gasteiger partial charge on any atom is -0.464 e. The standard InChI is InChI=1S/C18H18N4O4S/c1-10(2)15-14(17(25)26-3)21-18(27-15)20-13(23)9-22-16(24)12-7-5-4-6-11(12)8-19-22/h4-8,10H,9H2,1-3H3,(H,20,21,23). The van der Waals surface area contributed by atoms with Crippen LogP contribution in [0, 0.1) is 0 Å². The number of methoxy groups -OCH3 is 1. The van der Waals surface area contributed by atoms with Crippen LogP contribution in [0.5, 0.6) is 0 Å². The molecule has 1 aromatic carbocycles. The van der Waals surface area contributed by atoms with Gasteiger partial charge in [-0.25, -0.2) is 14.5 Å². The van der Waals surface area contributed by atoms with E-state index in [-0.39, 0.29) is 28.8 Å². The molecule has 0 atom stereocenters. The monoisotopic (exact) mass is 386 g/mol. The third kappa shape index (κ3) is 3.87. The fraction of sp³-hybridized carbons (Fsp3) is 0.278. The molecule has 0 aliphatic rings. The summed E-state index contributed by atoms with van der Waals surface area (Å²) in [6.45, 7) is 3.59. The van der Waals surface area contributed by atoms with Crippen molar-refractivity contribution in [1.82, 2.24) is 14.8 Å². The molecule has 0 saturated carbocycles. The van der Waals surface area contributed by atoms with E-state index in [9.17, 15) is 14.4 Å². The number of amides is 1. The molecule has 0 saturated heterocycles. The van der Waals surface area contributed by atoms with Gasteiger partial charge in [0.2, 0.25) is 5.91 Å². The first-order valence-corrected chi connectivity index (χ1v) is 9.06. The summed E-state index contributed by atoms with van der Waals surface area (Å²) in [7, 11) is 1.28. The van der Waals surface area contributed by atoms with E-state index in [0.717, 1.165) is 9.56 Å². The summed E-state index contributed by atoms with van der Waals surface area (Å²) >= 11 is 1.21. The molecule has 1 N–H and O–H groups in total. The van der Waals surface area contributed by atoms with Crippen LogP contribution in [0.3, 0.4) is 0 Å². The number of nitrogens with zero attached hydrogens (tertiary/aromatic N) is 3. The van der Waals surface area contributed by atoms with Crippen LogP contribution in [0.15, 0.2) is 35.3 Å². The molecule has 0 fully saturated rings. The zero-order chi connectivity index (χ0) is 19.6. The van der Waals surface area contributed by atoms with E-state index in [1.807, 2.05) is 19.9 Å². The van der Waals surface area contributed by atoms with Gasteiger partial charge < -0.3 is 10.1 Å². The molecular weight excluding hydrogens is 368 g/mol. The van der Waals surface area contributed by atoms with Crippen LogP contribution in [0.25, 0.3) is 10.8 Å². The van der Waals surface area contributed by atoms with Crippen LogP contribution in [-0.2, 0) is 16.1 Å². The van der Waals surface area contributed by atoms with Gasteiger partial charge in [0.15, 0.2) is 10.8 Å². The average Bonchev–Trinajstić information content (AvgIpc) is 3.07. The highest BCUT2D eigenvalue weighted by Crippen LogP contribution is 2.30. The number of benzene rings is 1. The lowest BCUT2D eigenvalue weighted by Crippen LogP contribution is -2.29. The highest BCUT2D eigenvalue weighted by molar-refractivity contribution is 7.16. The number of hydrogen-bond acceptors (Lipinski definition) is 7. The van der Waals surface area contributed by atoms with E-state index in [1.165, 1.54) is 18.4 Å². The molecule has 0 aliphatic carbocycles. The topological polar surface area (TPSA) is 103 Å². The zero-order valence-electron chi connectivity index (χ0n) is 15.1. The van der Waals surface area contributed by atoms with Gasteiger partial charge in [-0.15, -0.1) is 11.3 Å². The SMILES string of the molecule is COC(=O)c1nc(NC(=O)Cn2ncc3ccccc3c2=O)sc1C(C)C. The van der Waals surface area contributed by atoms with Crippen LogP contribution in [0.4, 0.5) is 5.13 Å². The van der Waals surface area contributed by atoms with E-state index in [1.54, 1.807) is 24.4 Å². The molecule has 9 heteroatoms. The summed E-state index contributed by atoms with van der Waals surface area (Å²) in [5.74, 6) is -0.963. The van der Waals surface area contributed by atoms with Crippen LogP contribution >= 0.6 is 11.3 Å². The quantitative estimate of drug-likeness (QED) is 0.676. The lowest BCUT2D eigenvalue weighted by atomic mass is 10.1. The van der Waals surface area contributed by atoms with Crippen molar-refractivity contribution >= 4 is 39.1 Å². The molecular formula is C18H18N4O4S. The summed E-state index contributed by atoms with van der Waals surface area (Å²) in [5.41, 5.74) is -0.158. The molecule has 2 heterocycles. The number of thiazole rings is 1. The molecule has 0 spiro atoms. The molecule has 2 aromatic heterocycles. The Labute approximate surface area is 158 Å². The van der Waals surface area contributed by atoms with Crippen molar-refractivity contribution in [2.75, 3.05) is 12.4 Å².